The molecule has 1 aromatic rings. The summed E-state index contributed by atoms with van der Waals surface area (Å²) < 4.78 is 0. The standard InChI is InChI=1S/C11H14ClNO/c1-2-8-5-9(7-10(12)6-8)11(14)3-4-13/h5-7H,2-4,13H2,1H3. The highest BCUT2D eigenvalue weighted by Crippen LogP contribution is 2.16. The van der Waals surface area contributed by atoms with E-state index in [9.17, 15) is 4.79 Å². The number of hydrogen-bond acceptors (Lipinski definition) is 2. The first-order chi connectivity index (χ1) is 6.67. The number of hydrogen-bond donors (Lipinski definition) is 1. The van der Waals surface area contributed by atoms with E-state index < -0.39 is 0 Å². The maximum atomic E-state index is 11.5. The summed E-state index contributed by atoms with van der Waals surface area (Å²) in [7, 11) is 0. The first kappa shape index (κ1) is 11.2. The van der Waals surface area contributed by atoms with Crippen LogP contribution in [-0.4, -0.2) is 12.3 Å². The smallest absolute Gasteiger partial charge is 0.164 e. The molecule has 0 radical (unpaired) electrons. The molecule has 14 heavy (non-hydrogen) atoms. The van der Waals surface area contributed by atoms with Gasteiger partial charge in [-0.25, -0.2) is 0 Å². The number of carbonyl (C=O) groups excluding carboxylic acids is 1. The van der Waals surface area contributed by atoms with Crippen LogP contribution in [0.2, 0.25) is 5.02 Å². The summed E-state index contributed by atoms with van der Waals surface area (Å²) in [6.07, 6.45) is 1.26. The second-order valence-corrected chi connectivity index (χ2v) is 3.60. The topological polar surface area (TPSA) is 43.1 Å². The SMILES string of the molecule is CCc1cc(Cl)cc(C(=O)CCN)c1. The largest absolute Gasteiger partial charge is 0.330 e. The van der Waals surface area contributed by atoms with E-state index in [0.717, 1.165) is 12.0 Å². The van der Waals surface area contributed by atoms with Crippen molar-refractivity contribution in [1.29, 1.82) is 0 Å². The summed E-state index contributed by atoms with van der Waals surface area (Å²) in [5, 5.41) is 0.615. The average molecular weight is 212 g/mol. The molecule has 3 heteroatoms. The molecular weight excluding hydrogens is 198 g/mol. The van der Waals surface area contributed by atoms with Crippen LogP contribution < -0.4 is 5.73 Å². The zero-order valence-corrected chi connectivity index (χ0v) is 8.97. The molecule has 0 aliphatic carbocycles. The Morgan fingerprint density at radius 1 is 1.43 bits per heavy atom. The van der Waals surface area contributed by atoms with Crippen molar-refractivity contribution >= 4 is 17.4 Å². The predicted molar refractivity (Wildman–Crippen MR) is 58.8 cm³/mol. The van der Waals surface area contributed by atoms with Crippen LogP contribution in [0.5, 0.6) is 0 Å². The van der Waals surface area contributed by atoms with Crippen LogP contribution in [0.25, 0.3) is 0 Å². The van der Waals surface area contributed by atoms with E-state index in [0.29, 0.717) is 23.6 Å². The Balaban J connectivity index is 2.96. The van der Waals surface area contributed by atoms with Gasteiger partial charge in [0.05, 0.1) is 0 Å². The first-order valence-corrected chi connectivity index (χ1v) is 5.08. The lowest BCUT2D eigenvalue weighted by atomic mass is 10.0. The molecule has 0 fully saturated rings. The van der Waals surface area contributed by atoms with E-state index in [-0.39, 0.29) is 5.78 Å². The van der Waals surface area contributed by atoms with Gasteiger partial charge in [0.15, 0.2) is 5.78 Å². The van der Waals surface area contributed by atoms with Gasteiger partial charge in [0.1, 0.15) is 0 Å². The Morgan fingerprint density at radius 2 is 2.14 bits per heavy atom. The van der Waals surface area contributed by atoms with Crippen LogP contribution in [0.15, 0.2) is 18.2 Å². The second kappa shape index (κ2) is 5.13. The second-order valence-electron chi connectivity index (χ2n) is 3.16. The van der Waals surface area contributed by atoms with Crippen molar-refractivity contribution in [3.8, 4) is 0 Å². The third-order valence-electron chi connectivity index (χ3n) is 2.06. The number of carbonyl (C=O) groups is 1. The van der Waals surface area contributed by atoms with Crippen LogP contribution in [0.3, 0.4) is 0 Å². The van der Waals surface area contributed by atoms with Gasteiger partial charge in [-0.05, 0) is 36.7 Å². The summed E-state index contributed by atoms with van der Waals surface area (Å²) in [6.45, 7) is 2.41. The number of aryl methyl sites for hydroxylation is 1. The first-order valence-electron chi connectivity index (χ1n) is 4.70. The minimum Gasteiger partial charge on any atom is -0.330 e. The Labute approximate surface area is 89.1 Å². The molecule has 0 amide bonds. The molecule has 0 spiro atoms. The number of benzene rings is 1. The maximum absolute atomic E-state index is 11.5. The van der Waals surface area contributed by atoms with E-state index in [1.165, 1.54) is 0 Å². The van der Waals surface area contributed by atoms with Gasteiger partial charge >= 0.3 is 0 Å². The van der Waals surface area contributed by atoms with Crippen molar-refractivity contribution in [2.24, 2.45) is 5.73 Å². The highest BCUT2D eigenvalue weighted by Gasteiger charge is 2.06. The van der Waals surface area contributed by atoms with E-state index in [1.54, 1.807) is 6.07 Å². The van der Waals surface area contributed by atoms with Crippen molar-refractivity contribution in [3.05, 3.63) is 34.3 Å². The van der Waals surface area contributed by atoms with Crippen LogP contribution in [0.1, 0.15) is 29.3 Å². The van der Waals surface area contributed by atoms with Gasteiger partial charge in [0, 0.05) is 17.0 Å². The van der Waals surface area contributed by atoms with Gasteiger partial charge in [-0.1, -0.05) is 18.5 Å². The lowest BCUT2D eigenvalue weighted by Crippen LogP contribution is -2.08. The molecule has 0 atom stereocenters. The molecule has 2 nitrogen and oxygen atoms in total. The molecule has 0 saturated carbocycles. The fourth-order valence-corrected chi connectivity index (χ4v) is 1.55. The number of Topliss-reactive ketones (excluding diaryl/α,β-unsaturated/α-hetero) is 1. The lowest BCUT2D eigenvalue weighted by Gasteiger charge is -2.03. The number of ketones is 1. The molecule has 76 valence electrons. The molecule has 0 bridgehead atoms. The average Bonchev–Trinajstić information content (AvgIpc) is 2.17. The number of halogens is 1. The quantitative estimate of drug-likeness (QED) is 0.778. The highest BCUT2D eigenvalue weighted by atomic mass is 35.5. The van der Waals surface area contributed by atoms with E-state index in [4.69, 9.17) is 17.3 Å². The minimum atomic E-state index is 0.0599. The zero-order chi connectivity index (χ0) is 10.6. The summed E-state index contributed by atoms with van der Waals surface area (Å²) >= 11 is 5.89. The Morgan fingerprint density at radius 3 is 2.71 bits per heavy atom. The summed E-state index contributed by atoms with van der Waals surface area (Å²) in [5.74, 6) is 0.0599. The summed E-state index contributed by atoms with van der Waals surface area (Å²) in [4.78, 5) is 11.5. The molecule has 2 N–H and O–H groups in total. The van der Waals surface area contributed by atoms with E-state index >= 15 is 0 Å². The Hall–Kier alpha value is -0.860. The predicted octanol–water partition coefficient (Wildman–Crippen LogP) is 2.43. The summed E-state index contributed by atoms with van der Waals surface area (Å²) in [5.41, 5.74) is 7.07. The van der Waals surface area contributed by atoms with Gasteiger partial charge in [0.2, 0.25) is 0 Å². The summed E-state index contributed by atoms with van der Waals surface area (Å²) in [6, 6.07) is 5.45. The van der Waals surface area contributed by atoms with E-state index in [2.05, 4.69) is 0 Å². The Kier molecular flexibility index (Phi) is 4.11. The monoisotopic (exact) mass is 211 g/mol. The molecule has 0 heterocycles. The van der Waals surface area contributed by atoms with Crippen molar-refractivity contribution < 1.29 is 4.79 Å². The van der Waals surface area contributed by atoms with Gasteiger partial charge in [-0.3, -0.25) is 4.79 Å². The fraction of sp³-hybridized carbons (Fsp3) is 0.364. The van der Waals surface area contributed by atoms with Gasteiger partial charge in [-0.2, -0.15) is 0 Å². The molecule has 0 saturated heterocycles. The van der Waals surface area contributed by atoms with Crippen molar-refractivity contribution in [1.82, 2.24) is 0 Å². The number of nitrogens with two attached hydrogens (primary N) is 1. The highest BCUT2D eigenvalue weighted by molar-refractivity contribution is 6.31. The van der Waals surface area contributed by atoms with E-state index in [1.807, 2.05) is 19.1 Å². The van der Waals surface area contributed by atoms with Crippen molar-refractivity contribution in [2.75, 3.05) is 6.54 Å². The van der Waals surface area contributed by atoms with Gasteiger partial charge in [0.25, 0.3) is 0 Å². The number of rotatable bonds is 4. The van der Waals surface area contributed by atoms with Crippen LogP contribution in [-0.2, 0) is 6.42 Å². The third kappa shape index (κ3) is 2.82. The van der Waals surface area contributed by atoms with Crippen molar-refractivity contribution in [2.45, 2.75) is 19.8 Å². The van der Waals surface area contributed by atoms with Crippen LogP contribution >= 0.6 is 11.6 Å². The van der Waals surface area contributed by atoms with Gasteiger partial charge < -0.3 is 5.73 Å². The van der Waals surface area contributed by atoms with Crippen LogP contribution in [0.4, 0.5) is 0 Å². The zero-order valence-electron chi connectivity index (χ0n) is 8.22. The van der Waals surface area contributed by atoms with Crippen LogP contribution in [0, 0.1) is 0 Å². The molecule has 0 unspecified atom stereocenters. The van der Waals surface area contributed by atoms with Crippen molar-refractivity contribution in [3.63, 3.8) is 0 Å². The lowest BCUT2D eigenvalue weighted by molar-refractivity contribution is 0.0985. The Bertz CT molecular complexity index is 336. The minimum absolute atomic E-state index is 0.0599. The molecule has 1 rings (SSSR count). The normalized spacial score (nSPS) is 10.2. The fourth-order valence-electron chi connectivity index (χ4n) is 1.29. The molecule has 0 aliphatic rings. The molecular formula is C11H14ClNO. The molecule has 0 aromatic heterocycles. The molecule has 0 aliphatic heterocycles. The maximum Gasteiger partial charge on any atom is 0.164 e. The molecule has 1 aromatic carbocycles. The third-order valence-corrected chi connectivity index (χ3v) is 2.28. The van der Waals surface area contributed by atoms with Gasteiger partial charge in [-0.15, -0.1) is 0 Å².